The van der Waals surface area contributed by atoms with E-state index in [0.717, 1.165) is 13.1 Å². The highest BCUT2D eigenvalue weighted by Gasteiger charge is 2.53. The SMILES string of the molecule is CC(C)(C=C(F)B1OC(C)(C)C(C)(C)O1)N1CCOCC1. The van der Waals surface area contributed by atoms with Gasteiger partial charge in [0.15, 0.2) is 0 Å². The number of nitrogens with zero attached hydrogens (tertiary/aromatic N) is 1. The van der Waals surface area contributed by atoms with Crippen LogP contribution in [0.2, 0.25) is 0 Å². The smallest absolute Gasteiger partial charge is 0.398 e. The third-order valence-corrected chi connectivity index (χ3v) is 4.80. The second-order valence-corrected chi connectivity index (χ2v) is 7.37. The van der Waals surface area contributed by atoms with E-state index in [1.54, 1.807) is 6.08 Å². The van der Waals surface area contributed by atoms with Gasteiger partial charge in [-0.15, -0.1) is 0 Å². The lowest BCUT2D eigenvalue weighted by Gasteiger charge is -2.39. The van der Waals surface area contributed by atoms with E-state index in [2.05, 4.69) is 4.90 Å². The summed E-state index contributed by atoms with van der Waals surface area (Å²) >= 11 is 0. The average molecular weight is 299 g/mol. The van der Waals surface area contributed by atoms with Gasteiger partial charge in [-0.2, -0.15) is 0 Å². The molecule has 6 heteroatoms. The molecule has 0 bridgehead atoms. The largest absolute Gasteiger partial charge is 0.524 e. The fourth-order valence-corrected chi connectivity index (χ4v) is 2.59. The van der Waals surface area contributed by atoms with Crippen molar-refractivity contribution in [2.75, 3.05) is 26.3 Å². The average Bonchev–Trinajstić information content (AvgIpc) is 2.59. The molecule has 2 heterocycles. The molecule has 2 saturated heterocycles. The van der Waals surface area contributed by atoms with E-state index in [1.165, 1.54) is 0 Å². The van der Waals surface area contributed by atoms with Gasteiger partial charge in [-0.1, -0.05) is 0 Å². The van der Waals surface area contributed by atoms with Crippen LogP contribution in [0.25, 0.3) is 0 Å². The van der Waals surface area contributed by atoms with Crippen LogP contribution < -0.4 is 0 Å². The topological polar surface area (TPSA) is 30.9 Å². The van der Waals surface area contributed by atoms with Gasteiger partial charge in [0.1, 0.15) is 5.73 Å². The molecule has 0 N–H and O–H groups in total. The zero-order valence-corrected chi connectivity index (χ0v) is 14.0. The molecule has 2 fully saturated rings. The third kappa shape index (κ3) is 3.50. The summed E-state index contributed by atoms with van der Waals surface area (Å²) in [7, 11) is -0.921. The third-order valence-electron chi connectivity index (χ3n) is 4.80. The molecule has 120 valence electrons. The number of hydrogen-bond donors (Lipinski definition) is 0. The minimum atomic E-state index is -0.921. The molecule has 0 saturated carbocycles. The van der Waals surface area contributed by atoms with Gasteiger partial charge in [-0.25, -0.2) is 4.39 Å². The van der Waals surface area contributed by atoms with Gasteiger partial charge >= 0.3 is 7.12 Å². The van der Waals surface area contributed by atoms with Crippen LogP contribution in [0.15, 0.2) is 11.8 Å². The van der Waals surface area contributed by atoms with Crippen molar-refractivity contribution in [3.05, 3.63) is 11.8 Å². The maximum Gasteiger partial charge on any atom is 0.524 e. The molecule has 0 unspecified atom stereocenters. The first kappa shape index (κ1) is 16.9. The summed E-state index contributed by atoms with van der Waals surface area (Å²) in [5.41, 5.74) is -1.79. The molecular formula is C15H27BFNO3. The van der Waals surface area contributed by atoms with Crippen LogP contribution in [0.5, 0.6) is 0 Å². The van der Waals surface area contributed by atoms with E-state index in [-0.39, 0.29) is 5.73 Å². The lowest BCUT2D eigenvalue weighted by atomic mass is 9.84. The molecule has 0 spiro atoms. The lowest BCUT2D eigenvalue weighted by Crippen LogP contribution is -2.49. The predicted molar refractivity (Wildman–Crippen MR) is 81.7 cm³/mol. The zero-order valence-electron chi connectivity index (χ0n) is 14.0. The Hall–Kier alpha value is -0.425. The van der Waals surface area contributed by atoms with E-state index in [4.69, 9.17) is 14.0 Å². The molecule has 2 aliphatic heterocycles. The van der Waals surface area contributed by atoms with Gasteiger partial charge in [-0.05, 0) is 47.6 Å². The minimum Gasteiger partial charge on any atom is -0.398 e. The summed E-state index contributed by atoms with van der Waals surface area (Å²) in [6.45, 7) is 14.7. The Bertz CT molecular complexity index is 401. The molecule has 21 heavy (non-hydrogen) atoms. The zero-order chi connectivity index (χ0) is 15.9. The van der Waals surface area contributed by atoms with Crippen molar-refractivity contribution >= 4 is 7.12 Å². The van der Waals surface area contributed by atoms with E-state index in [1.807, 2.05) is 41.5 Å². The normalized spacial score (nSPS) is 27.2. The molecule has 0 aromatic rings. The van der Waals surface area contributed by atoms with Crippen LogP contribution >= 0.6 is 0 Å². The summed E-state index contributed by atoms with van der Waals surface area (Å²) < 4.78 is 31.4. The van der Waals surface area contributed by atoms with Crippen molar-refractivity contribution in [3.63, 3.8) is 0 Å². The Labute approximate surface area is 127 Å². The Morgan fingerprint density at radius 2 is 1.57 bits per heavy atom. The Morgan fingerprint density at radius 1 is 1.10 bits per heavy atom. The lowest BCUT2D eigenvalue weighted by molar-refractivity contribution is 0.00430. The highest BCUT2D eigenvalue weighted by molar-refractivity contribution is 6.53. The molecule has 4 nitrogen and oxygen atoms in total. The maximum absolute atomic E-state index is 14.6. The molecule has 2 aliphatic rings. The quantitative estimate of drug-likeness (QED) is 0.750. The van der Waals surface area contributed by atoms with Gasteiger partial charge in [0, 0.05) is 18.6 Å². The number of hydrogen-bond acceptors (Lipinski definition) is 4. The fraction of sp³-hybridized carbons (Fsp3) is 0.867. The summed E-state index contributed by atoms with van der Waals surface area (Å²) in [6.07, 6.45) is 1.61. The first-order valence-corrected chi connectivity index (χ1v) is 7.62. The highest BCUT2D eigenvalue weighted by atomic mass is 19.1. The van der Waals surface area contributed by atoms with Gasteiger partial charge in [-0.3, -0.25) is 4.90 Å². The molecule has 0 aromatic carbocycles. The van der Waals surface area contributed by atoms with Gasteiger partial charge in [0.2, 0.25) is 0 Å². The van der Waals surface area contributed by atoms with Crippen molar-refractivity contribution in [1.82, 2.24) is 4.90 Å². The number of ether oxygens (including phenoxy) is 1. The van der Waals surface area contributed by atoms with E-state index in [9.17, 15) is 4.39 Å². The van der Waals surface area contributed by atoms with Crippen LogP contribution in [0.4, 0.5) is 4.39 Å². The summed E-state index contributed by atoms with van der Waals surface area (Å²) in [6, 6.07) is 0. The molecule has 0 aliphatic carbocycles. The molecule has 0 aromatic heterocycles. The monoisotopic (exact) mass is 299 g/mol. The maximum atomic E-state index is 14.6. The van der Waals surface area contributed by atoms with Crippen LogP contribution in [0.1, 0.15) is 41.5 Å². The van der Waals surface area contributed by atoms with Gasteiger partial charge < -0.3 is 14.0 Å². The first-order valence-electron chi connectivity index (χ1n) is 7.62. The van der Waals surface area contributed by atoms with Crippen LogP contribution in [0.3, 0.4) is 0 Å². The first-order chi connectivity index (χ1) is 9.55. The predicted octanol–water partition coefficient (Wildman–Crippen LogP) is 2.58. The van der Waals surface area contributed by atoms with E-state index >= 15 is 0 Å². The molecule has 0 amide bonds. The second-order valence-electron chi connectivity index (χ2n) is 7.37. The summed E-state index contributed by atoms with van der Waals surface area (Å²) in [5.74, 6) is 0. The van der Waals surface area contributed by atoms with Crippen molar-refractivity contribution in [3.8, 4) is 0 Å². The Kier molecular flexibility index (Phi) is 4.56. The van der Waals surface area contributed by atoms with Crippen molar-refractivity contribution < 1.29 is 18.4 Å². The van der Waals surface area contributed by atoms with Crippen molar-refractivity contribution in [2.24, 2.45) is 0 Å². The second kappa shape index (κ2) is 5.65. The van der Waals surface area contributed by atoms with Crippen LogP contribution in [-0.2, 0) is 14.0 Å². The summed E-state index contributed by atoms with van der Waals surface area (Å²) in [4.78, 5) is 2.21. The molecular weight excluding hydrogens is 272 g/mol. The van der Waals surface area contributed by atoms with Gasteiger partial charge in [0.05, 0.1) is 24.4 Å². The fourth-order valence-electron chi connectivity index (χ4n) is 2.59. The number of rotatable bonds is 3. The highest BCUT2D eigenvalue weighted by Crippen LogP contribution is 2.39. The summed E-state index contributed by atoms with van der Waals surface area (Å²) in [5, 5.41) is 0. The van der Waals surface area contributed by atoms with E-state index < -0.39 is 23.9 Å². The number of morpholine rings is 1. The van der Waals surface area contributed by atoms with Crippen molar-refractivity contribution in [1.29, 1.82) is 0 Å². The van der Waals surface area contributed by atoms with Gasteiger partial charge in [0.25, 0.3) is 0 Å². The Balaban J connectivity index is 2.10. The molecule has 0 atom stereocenters. The number of halogens is 1. The molecule has 2 rings (SSSR count). The van der Waals surface area contributed by atoms with E-state index in [0.29, 0.717) is 13.2 Å². The standard InChI is InChI=1S/C15H27BFNO3/c1-13(2,18-7-9-19-10-8-18)11-12(17)16-20-14(3,4)15(5,6)21-16/h11H,7-10H2,1-6H3. The van der Waals surface area contributed by atoms with Crippen LogP contribution in [-0.4, -0.2) is 55.1 Å². The Morgan fingerprint density at radius 3 is 2.05 bits per heavy atom. The minimum absolute atomic E-state index is 0.356. The van der Waals surface area contributed by atoms with Crippen molar-refractivity contribution in [2.45, 2.75) is 58.3 Å². The molecule has 0 radical (unpaired) electrons. The van der Waals surface area contributed by atoms with Crippen LogP contribution in [0, 0.1) is 0 Å².